The molecule has 1 saturated heterocycles. The number of anilines is 2. The average molecular weight is 349 g/mol. The van der Waals surface area contributed by atoms with Crippen molar-refractivity contribution in [2.75, 3.05) is 22.8 Å². The number of sulfonamides is 1. The molecule has 1 unspecified atom stereocenters. The van der Waals surface area contributed by atoms with Gasteiger partial charge in [0.2, 0.25) is 10.0 Å². The molecule has 1 fully saturated rings. The van der Waals surface area contributed by atoms with Crippen LogP contribution in [-0.2, 0) is 14.8 Å². The quantitative estimate of drug-likeness (QED) is 0.817. The third-order valence-electron chi connectivity index (χ3n) is 3.05. The molecule has 0 bridgehead atoms. The Labute approximate surface area is 121 Å². The molecule has 19 heavy (non-hydrogen) atoms. The first-order valence-electron chi connectivity index (χ1n) is 6.05. The molecule has 1 aliphatic heterocycles. The Morgan fingerprint density at radius 2 is 2.26 bits per heavy atom. The molecule has 1 aliphatic rings. The summed E-state index contributed by atoms with van der Waals surface area (Å²) < 4.78 is 32.7. The Bertz CT molecular complexity index is 569. The minimum Gasteiger partial charge on any atom is -0.398 e. The number of nitrogen functional groups attached to an aromatic ring is 1. The van der Waals surface area contributed by atoms with Gasteiger partial charge in [-0.1, -0.05) is 0 Å². The van der Waals surface area contributed by atoms with Gasteiger partial charge in [0.1, 0.15) is 0 Å². The molecular formula is C12H17BrN2O3S. The van der Waals surface area contributed by atoms with Crippen LogP contribution in [0.3, 0.4) is 0 Å². The molecule has 0 spiro atoms. The van der Waals surface area contributed by atoms with Gasteiger partial charge in [0.05, 0.1) is 17.5 Å². The molecule has 0 amide bonds. The molecular weight excluding hydrogens is 332 g/mol. The van der Waals surface area contributed by atoms with Gasteiger partial charge in [0, 0.05) is 16.8 Å². The Morgan fingerprint density at radius 1 is 1.53 bits per heavy atom. The summed E-state index contributed by atoms with van der Waals surface area (Å²) in [4.78, 5) is 0. The molecule has 1 aromatic rings. The second kappa shape index (κ2) is 5.68. The van der Waals surface area contributed by atoms with E-state index in [-0.39, 0.29) is 11.9 Å². The molecule has 0 radical (unpaired) electrons. The predicted molar refractivity (Wildman–Crippen MR) is 79.7 cm³/mol. The van der Waals surface area contributed by atoms with Gasteiger partial charge in [-0.05, 0) is 53.4 Å². The van der Waals surface area contributed by atoms with E-state index in [1.165, 1.54) is 0 Å². The predicted octanol–water partition coefficient (Wildman–Crippen LogP) is 2.26. The molecule has 2 rings (SSSR count). The lowest BCUT2D eigenvalue weighted by atomic mass is 10.2. The fraction of sp³-hybridized carbons (Fsp3) is 0.500. The van der Waals surface area contributed by atoms with Crippen LogP contribution in [-0.4, -0.2) is 26.9 Å². The minimum atomic E-state index is -3.43. The van der Waals surface area contributed by atoms with Gasteiger partial charge in [-0.25, -0.2) is 8.42 Å². The van der Waals surface area contributed by atoms with Crippen molar-refractivity contribution in [1.82, 2.24) is 0 Å². The van der Waals surface area contributed by atoms with E-state index in [2.05, 4.69) is 20.7 Å². The van der Waals surface area contributed by atoms with Gasteiger partial charge in [0.25, 0.3) is 0 Å². The third kappa shape index (κ3) is 3.84. The van der Waals surface area contributed by atoms with Crippen LogP contribution in [0.1, 0.15) is 18.4 Å². The Morgan fingerprint density at radius 3 is 2.89 bits per heavy atom. The van der Waals surface area contributed by atoms with Crippen molar-refractivity contribution in [3.8, 4) is 0 Å². The number of benzene rings is 1. The van der Waals surface area contributed by atoms with Gasteiger partial charge >= 0.3 is 0 Å². The van der Waals surface area contributed by atoms with Crippen molar-refractivity contribution in [3.63, 3.8) is 0 Å². The van der Waals surface area contributed by atoms with E-state index < -0.39 is 10.0 Å². The Balaban J connectivity index is 2.13. The lowest BCUT2D eigenvalue weighted by Crippen LogP contribution is -2.25. The third-order valence-corrected chi connectivity index (χ3v) is 5.05. The van der Waals surface area contributed by atoms with Crippen molar-refractivity contribution in [2.45, 2.75) is 25.9 Å². The van der Waals surface area contributed by atoms with Gasteiger partial charge in [-0.2, -0.15) is 0 Å². The lowest BCUT2D eigenvalue weighted by Gasteiger charge is -2.14. The highest BCUT2D eigenvalue weighted by molar-refractivity contribution is 9.10. The van der Waals surface area contributed by atoms with E-state index in [4.69, 9.17) is 10.5 Å². The van der Waals surface area contributed by atoms with E-state index in [1.807, 2.05) is 6.92 Å². The van der Waals surface area contributed by atoms with Gasteiger partial charge in [-0.3, -0.25) is 4.72 Å². The van der Waals surface area contributed by atoms with Crippen LogP contribution in [0.4, 0.5) is 11.4 Å². The van der Waals surface area contributed by atoms with Crippen LogP contribution < -0.4 is 10.5 Å². The molecule has 3 N–H and O–H groups in total. The van der Waals surface area contributed by atoms with Crippen molar-refractivity contribution >= 4 is 37.3 Å². The van der Waals surface area contributed by atoms with Crippen LogP contribution >= 0.6 is 15.9 Å². The maximum absolute atomic E-state index is 12.1. The molecule has 106 valence electrons. The zero-order valence-electron chi connectivity index (χ0n) is 10.6. The highest BCUT2D eigenvalue weighted by Gasteiger charge is 2.23. The zero-order chi connectivity index (χ0) is 14.0. The van der Waals surface area contributed by atoms with Crippen LogP contribution in [0.5, 0.6) is 0 Å². The van der Waals surface area contributed by atoms with E-state index in [0.717, 1.165) is 18.4 Å². The molecule has 7 heteroatoms. The fourth-order valence-electron chi connectivity index (χ4n) is 2.00. The van der Waals surface area contributed by atoms with Crippen LogP contribution in [0, 0.1) is 6.92 Å². The van der Waals surface area contributed by atoms with Gasteiger partial charge in [-0.15, -0.1) is 0 Å². The molecule has 1 heterocycles. The fourth-order valence-corrected chi connectivity index (χ4v) is 4.03. The Hall–Kier alpha value is -0.790. The van der Waals surface area contributed by atoms with Crippen molar-refractivity contribution < 1.29 is 13.2 Å². The molecule has 1 atom stereocenters. The summed E-state index contributed by atoms with van der Waals surface area (Å²) >= 11 is 3.33. The number of rotatable bonds is 4. The van der Waals surface area contributed by atoms with Crippen LogP contribution in [0.25, 0.3) is 0 Å². The van der Waals surface area contributed by atoms with E-state index in [1.54, 1.807) is 12.1 Å². The first kappa shape index (κ1) is 14.6. The number of halogens is 1. The normalized spacial score (nSPS) is 19.6. The zero-order valence-corrected chi connectivity index (χ0v) is 13.1. The smallest absolute Gasteiger partial charge is 0.235 e. The lowest BCUT2D eigenvalue weighted by molar-refractivity contribution is 0.127. The van der Waals surface area contributed by atoms with Crippen molar-refractivity contribution in [3.05, 3.63) is 22.2 Å². The molecule has 5 nitrogen and oxygen atoms in total. The number of ether oxygens (including phenoxy) is 1. The van der Waals surface area contributed by atoms with Crippen LogP contribution in [0.2, 0.25) is 0 Å². The van der Waals surface area contributed by atoms with Gasteiger partial charge < -0.3 is 10.5 Å². The SMILES string of the molecule is Cc1cc(Br)c(NS(=O)(=O)CC2CCCO2)cc1N. The summed E-state index contributed by atoms with van der Waals surface area (Å²) in [5, 5.41) is 0. The maximum Gasteiger partial charge on any atom is 0.235 e. The highest BCUT2D eigenvalue weighted by Crippen LogP contribution is 2.29. The summed E-state index contributed by atoms with van der Waals surface area (Å²) in [5.74, 6) is -0.0206. The van der Waals surface area contributed by atoms with E-state index in [9.17, 15) is 8.42 Å². The van der Waals surface area contributed by atoms with Gasteiger partial charge in [0.15, 0.2) is 0 Å². The molecule has 0 saturated carbocycles. The standard InChI is InChI=1S/C12H17BrN2O3S/c1-8-5-10(13)12(6-11(8)14)15-19(16,17)7-9-3-2-4-18-9/h5-6,9,15H,2-4,7,14H2,1H3. The molecule has 0 aromatic heterocycles. The highest BCUT2D eigenvalue weighted by atomic mass is 79.9. The number of aryl methyl sites for hydroxylation is 1. The first-order chi connectivity index (χ1) is 8.87. The maximum atomic E-state index is 12.1. The monoisotopic (exact) mass is 348 g/mol. The second-order valence-electron chi connectivity index (χ2n) is 4.71. The number of nitrogens with one attached hydrogen (secondary N) is 1. The summed E-state index contributed by atoms with van der Waals surface area (Å²) in [7, 11) is -3.43. The summed E-state index contributed by atoms with van der Waals surface area (Å²) in [6, 6.07) is 3.41. The minimum absolute atomic E-state index is 0.0206. The first-order valence-corrected chi connectivity index (χ1v) is 8.49. The number of hydrogen-bond donors (Lipinski definition) is 2. The van der Waals surface area contributed by atoms with Crippen LogP contribution in [0.15, 0.2) is 16.6 Å². The second-order valence-corrected chi connectivity index (χ2v) is 7.33. The summed E-state index contributed by atoms with van der Waals surface area (Å²) in [6.45, 7) is 2.51. The molecule has 1 aromatic carbocycles. The van der Waals surface area contributed by atoms with E-state index >= 15 is 0 Å². The average Bonchev–Trinajstić information content (AvgIpc) is 2.77. The number of nitrogens with two attached hydrogens (primary N) is 1. The Kier molecular flexibility index (Phi) is 4.37. The summed E-state index contributed by atoms with van der Waals surface area (Å²) in [6.07, 6.45) is 1.50. The number of hydrogen-bond acceptors (Lipinski definition) is 4. The van der Waals surface area contributed by atoms with Crippen molar-refractivity contribution in [2.24, 2.45) is 0 Å². The topological polar surface area (TPSA) is 81.4 Å². The summed E-state index contributed by atoms with van der Waals surface area (Å²) in [5.41, 5.74) is 7.70. The van der Waals surface area contributed by atoms with Crippen molar-refractivity contribution in [1.29, 1.82) is 0 Å². The largest absolute Gasteiger partial charge is 0.398 e. The molecule has 0 aliphatic carbocycles. The van der Waals surface area contributed by atoms with E-state index in [0.29, 0.717) is 22.5 Å².